The standard InChI is InChI=1S/C23H27N7O2/c1-27(2)17-6-8-24-22(12-17)29-14-16-7-11-28(15-21(16)29)23(31)19-13-18(32-3)4-5-20(19)30-25-9-10-26-30/h4-6,8-10,12-13,16,21H,7,11,14-15H2,1-3H3/t16-,21-/m0/s1. The lowest BCUT2D eigenvalue weighted by molar-refractivity contribution is 0.0590. The third-order valence-corrected chi connectivity index (χ3v) is 6.45. The van der Waals surface area contributed by atoms with Gasteiger partial charge in [0.25, 0.3) is 5.91 Å². The van der Waals surface area contributed by atoms with Crippen LogP contribution < -0.4 is 14.5 Å². The summed E-state index contributed by atoms with van der Waals surface area (Å²) in [5, 5.41) is 8.43. The Morgan fingerprint density at radius 2 is 1.91 bits per heavy atom. The molecule has 0 saturated carbocycles. The van der Waals surface area contributed by atoms with Crippen molar-refractivity contribution < 1.29 is 9.53 Å². The fraction of sp³-hybridized carbons (Fsp3) is 0.391. The molecule has 0 radical (unpaired) electrons. The van der Waals surface area contributed by atoms with Gasteiger partial charge < -0.3 is 19.4 Å². The van der Waals surface area contributed by atoms with Crippen LogP contribution in [0.15, 0.2) is 48.9 Å². The number of ether oxygens (including phenoxy) is 1. The van der Waals surface area contributed by atoms with Crippen LogP contribution in [-0.2, 0) is 0 Å². The fourth-order valence-electron chi connectivity index (χ4n) is 4.59. The Hall–Kier alpha value is -3.62. The largest absolute Gasteiger partial charge is 0.497 e. The number of fused-ring (bicyclic) bond motifs is 1. The maximum absolute atomic E-state index is 13.6. The number of piperidine rings is 1. The predicted octanol–water partition coefficient (Wildman–Crippen LogP) is 2.09. The smallest absolute Gasteiger partial charge is 0.256 e. The number of rotatable bonds is 5. The van der Waals surface area contributed by atoms with E-state index in [0.29, 0.717) is 29.5 Å². The molecule has 2 fully saturated rings. The van der Waals surface area contributed by atoms with Gasteiger partial charge in [-0.3, -0.25) is 4.79 Å². The quantitative estimate of drug-likeness (QED) is 0.610. The fourth-order valence-corrected chi connectivity index (χ4v) is 4.59. The second-order valence-electron chi connectivity index (χ2n) is 8.49. The number of pyridine rings is 1. The Kier molecular flexibility index (Phi) is 5.16. The first-order valence-corrected chi connectivity index (χ1v) is 10.8. The molecule has 5 rings (SSSR count). The van der Waals surface area contributed by atoms with E-state index >= 15 is 0 Å². The third-order valence-electron chi connectivity index (χ3n) is 6.45. The summed E-state index contributed by atoms with van der Waals surface area (Å²) in [6.45, 7) is 2.39. The molecule has 0 spiro atoms. The molecule has 9 heteroatoms. The molecular weight excluding hydrogens is 406 g/mol. The summed E-state index contributed by atoms with van der Waals surface area (Å²) in [6.07, 6.45) is 6.04. The van der Waals surface area contributed by atoms with Crippen LogP contribution in [0.3, 0.4) is 0 Å². The van der Waals surface area contributed by atoms with Crippen LogP contribution in [0, 0.1) is 5.92 Å². The first-order chi connectivity index (χ1) is 15.5. The van der Waals surface area contributed by atoms with Gasteiger partial charge in [-0.05, 0) is 30.7 Å². The van der Waals surface area contributed by atoms with Gasteiger partial charge in [-0.25, -0.2) is 4.98 Å². The number of aromatic nitrogens is 4. The summed E-state index contributed by atoms with van der Waals surface area (Å²) in [4.78, 5) is 26.0. The molecule has 4 heterocycles. The number of likely N-dealkylation sites (tertiary alicyclic amines) is 1. The Bertz CT molecular complexity index is 1120. The average molecular weight is 434 g/mol. The number of carbonyl (C=O) groups is 1. The van der Waals surface area contributed by atoms with Gasteiger partial charge in [-0.1, -0.05) is 0 Å². The number of hydrogen-bond acceptors (Lipinski definition) is 7. The van der Waals surface area contributed by atoms with Crippen molar-refractivity contribution in [2.75, 3.05) is 50.6 Å². The lowest BCUT2D eigenvalue weighted by atomic mass is 9.82. The number of nitrogens with zero attached hydrogens (tertiary/aromatic N) is 7. The van der Waals surface area contributed by atoms with Gasteiger partial charge in [0.15, 0.2) is 0 Å². The third kappa shape index (κ3) is 3.53. The normalized spacial score (nSPS) is 19.8. The van der Waals surface area contributed by atoms with E-state index in [0.717, 1.165) is 31.0 Å². The van der Waals surface area contributed by atoms with Gasteiger partial charge in [0.1, 0.15) is 11.6 Å². The Morgan fingerprint density at radius 1 is 1.09 bits per heavy atom. The van der Waals surface area contributed by atoms with Crippen molar-refractivity contribution in [2.24, 2.45) is 5.92 Å². The zero-order chi connectivity index (χ0) is 22.2. The Morgan fingerprint density at radius 3 is 2.66 bits per heavy atom. The van der Waals surface area contributed by atoms with Crippen molar-refractivity contribution in [1.29, 1.82) is 0 Å². The number of carbonyl (C=O) groups excluding carboxylic acids is 1. The van der Waals surface area contributed by atoms with Gasteiger partial charge in [-0.2, -0.15) is 15.0 Å². The van der Waals surface area contributed by atoms with Crippen LogP contribution in [-0.4, -0.2) is 77.7 Å². The van der Waals surface area contributed by atoms with Crippen molar-refractivity contribution in [3.8, 4) is 11.4 Å². The molecule has 0 N–H and O–H groups in total. The maximum atomic E-state index is 13.6. The van der Waals surface area contributed by atoms with Crippen LogP contribution in [0.5, 0.6) is 5.75 Å². The van der Waals surface area contributed by atoms with Gasteiger partial charge in [0, 0.05) is 57.6 Å². The molecule has 3 aromatic rings. The predicted molar refractivity (Wildman–Crippen MR) is 122 cm³/mol. The Labute approximate surface area is 187 Å². The first-order valence-electron chi connectivity index (χ1n) is 10.8. The molecule has 166 valence electrons. The SMILES string of the molecule is COc1ccc(-n2nccn2)c(C(=O)N2CC[C@H]3CN(c4cc(N(C)C)ccn4)[C@H]3C2)c1. The summed E-state index contributed by atoms with van der Waals surface area (Å²) in [7, 11) is 5.65. The monoisotopic (exact) mass is 433 g/mol. The zero-order valence-corrected chi connectivity index (χ0v) is 18.5. The minimum absolute atomic E-state index is 0.0310. The molecule has 2 aliphatic rings. The van der Waals surface area contributed by atoms with E-state index in [1.54, 1.807) is 25.6 Å². The maximum Gasteiger partial charge on any atom is 0.256 e. The number of hydrogen-bond donors (Lipinski definition) is 0. The highest BCUT2D eigenvalue weighted by Crippen LogP contribution is 2.37. The van der Waals surface area contributed by atoms with Crippen LogP contribution in [0.4, 0.5) is 11.5 Å². The van der Waals surface area contributed by atoms with E-state index < -0.39 is 0 Å². The van der Waals surface area contributed by atoms with Crippen molar-refractivity contribution in [2.45, 2.75) is 12.5 Å². The molecule has 0 aliphatic carbocycles. The second-order valence-corrected chi connectivity index (χ2v) is 8.49. The van der Waals surface area contributed by atoms with Gasteiger partial charge in [-0.15, -0.1) is 0 Å². The first kappa shape index (κ1) is 20.3. The highest BCUT2D eigenvalue weighted by Gasteiger charge is 2.44. The number of benzene rings is 1. The van der Waals surface area contributed by atoms with Crippen LogP contribution in [0.25, 0.3) is 5.69 Å². The van der Waals surface area contributed by atoms with Crippen LogP contribution >= 0.6 is 0 Å². The minimum atomic E-state index is -0.0310. The molecule has 0 bridgehead atoms. The van der Waals surface area contributed by atoms with E-state index in [4.69, 9.17) is 4.74 Å². The van der Waals surface area contributed by atoms with Gasteiger partial charge in [0.05, 0.1) is 36.8 Å². The number of amides is 1. The number of methoxy groups -OCH3 is 1. The molecule has 32 heavy (non-hydrogen) atoms. The van der Waals surface area contributed by atoms with E-state index in [1.165, 1.54) is 4.80 Å². The molecule has 1 aromatic carbocycles. The molecule has 9 nitrogen and oxygen atoms in total. The average Bonchev–Trinajstić information content (AvgIpc) is 3.34. The van der Waals surface area contributed by atoms with E-state index in [2.05, 4.69) is 31.0 Å². The lowest BCUT2D eigenvalue weighted by Crippen LogP contribution is -2.65. The molecule has 2 atom stereocenters. The summed E-state index contributed by atoms with van der Waals surface area (Å²) in [6, 6.07) is 9.80. The minimum Gasteiger partial charge on any atom is -0.497 e. The van der Waals surface area contributed by atoms with Crippen molar-refractivity contribution in [1.82, 2.24) is 24.9 Å². The second kappa shape index (κ2) is 8.14. The number of anilines is 2. The Balaban J connectivity index is 1.39. The van der Waals surface area contributed by atoms with E-state index in [1.807, 2.05) is 43.4 Å². The molecule has 2 aromatic heterocycles. The van der Waals surface area contributed by atoms with Crippen LogP contribution in [0.2, 0.25) is 0 Å². The van der Waals surface area contributed by atoms with Crippen LogP contribution in [0.1, 0.15) is 16.8 Å². The lowest BCUT2D eigenvalue weighted by Gasteiger charge is -2.54. The molecule has 2 saturated heterocycles. The van der Waals surface area contributed by atoms with Gasteiger partial charge in [0.2, 0.25) is 0 Å². The summed E-state index contributed by atoms with van der Waals surface area (Å²) in [5.74, 6) is 2.15. The molecule has 1 amide bonds. The highest BCUT2D eigenvalue weighted by atomic mass is 16.5. The summed E-state index contributed by atoms with van der Waals surface area (Å²) in [5.41, 5.74) is 2.31. The van der Waals surface area contributed by atoms with Crippen molar-refractivity contribution in [3.63, 3.8) is 0 Å². The topological polar surface area (TPSA) is 79.6 Å². The molecule has 2 aliphatic heterocycles. The van der Waals surface area contributed by atoms with Gasteiger partial charge >= 0.3 is 0 Å². The summed E-state index contributed by atoms with van der Waals surface area (Å²) >= 11 is 0. The molecular formula is C23H27N7O2. The van der Waals surface area contributed by atoms with E-state index in [9.17, 15) is 4.79 Å². The van der Waals surface area contributed by atoms with Crippen molar-refractivity contribution >= 4 is 17.4 Å². The molecule has 0 unspecified atom stereocenters. The zero-order valence-electron chi connectivity index (χ0n) is 18.5. The summed E-state index contributed by atoms with van der Waals surface area (Å²) < 4.78 is 5.38. The van der Waals surface area contributed by atoms with E-state index in [-0.39, 0.29) is 11.9 Å². The van der Waals surface area contributed by atoms with Crippen molar-refractivity contribution in [3.05, 3.63) is 54.5 Å². The highest BCUT2D eigenvalue weighted by molar-refractivity contribution is 5.98.